The van der Waals surface area contributed by atoms with Crippen molar-refractivity contribution >= 4 is 39.2 Å². The molecule has 27 heavy (non-hydrogen) atoms. The first-order valence-electron chi connectivity index (χ1n) is 9.06. The molecule has 2 heterocycles. The molecule has 0 spiro atoms. The monoisotopic (exact) mass is 401 g/mol. The van der Waals surface area contributed by atoms with Gasteiger partial charge in [-0.3, -0.25) is 4.79 Å². The molecule has 7 heteroatoms. The van der Waals surface area contributed by atoms with Crippen molar-refractivity contribution in [2.45, 2.75) is 42.9 Å². The van der Waals surface area contributed by atoms with E-state index in [1.807, 2.05) is 6.92 Å². The van der Waals surface area contributed by atoms with E-state index in [0.717, 1.165) is 33.6 Å². The molecule has 1 N–H and O–H groups in total. The number of amides is 1. The van der Waals surface area contributed by atoms with Gasteiger partial charge in [-0.05, 0) is 55.9 Å². The lowest BCUT2D eigenvalue weighted by atomic mass is 10.1. The van der Waals surface area contributed by atoms with Gasteiger partial charge in [0.15, 0.2) is 0 Å². The molecule has 0 saturated heterocycles. The summed E-state index contributed by atoms with van der Waals surface area (Å²) < 4.78 is 12.9. The van der Waals surface area contributed by atoms with Gasteiger partial charge in [0.2, 0.25) is 5.91 Å². The van der Waals surface area contributed by atoms with Gasteiger partial charge in [0.05, 0.1) is 5.25 Å². The van der Waals surface area contributed by atoms with Gasteiger partial charge in [-0.2, -0.15) is 0 Å². The lowest BCUT2D eigenvalue weighted by molar-refractivity contribution is -0.120. The number of rotatable bonds is 6. The van der Waals surface area contributed by atoms with Crippen LogP contribution in [0.1, 0.15) is 29.3 Å². The molecule has 1 aromatic carbocycles. The van der Waals surface area contributed by atoms with Crippen molar-refractivity contribution in [3.63, 3.8) is 0 Å². The van der Waals surface area contributed by atoms with Gasteiger partial charge in [-0.15, -0.1) is 11.3 Å². The van der Waals surface area contributed by atoms with Crippen LogP contribution in [-0.2, 0) is 24.1 Å². The van der Waals surface area contributed by atoms with Crippen LogP contribution >= 0.6 is 23.1 Å². The topological polar surface area (TPSA) is 54.9 Å². The fraction of sp³-hybridized carbons (Fsp3) is 0.350. The summed E-state index contributed by atoms with van der Waals surface area (Å²) in [5, 5.41) is 4.77. The first-order chi connectivity index (χ1) is 13.1. The Morgan fingerprint density at radius 2 is 2.11 bits per heavy atom. The van der Waals surface area contributed by atoms with E-state index in [-0.39, 0.29) is 17.0 Å². The van der Waals surface area contributed by atoms with Crippen LogP contribution in [0.3, 0.4) is 0 Å². The minimum Gasteiger partial charge on any atom is -0.355 e. The predicted molar refractivity (Wildman–Crippen MR) is 108 cm³/mol. The zero-order valence-corrected chi connectivity index (χ0v) is 16.6. The second-order valence-corrected chi connectivity index (χ2v) is 9.06. The number of benzene rings is 1. The highest BCUT2D eigenvalue weighted by Gasteiger charge is 2.23. The van der Waals surface area contributed by atoms with Crippen molar-refractivity contribution in [2.75, 3.05) is 6.54 Å². The van der Waals surface area contributed by atoms with E-state index in [0.29, 0.717) is 13.0 Å². The van der Waals surface area contributed by atoms with E-state index in [4.69, 9.17) is 0 Å². The number of nitrogens with one attached hydrogen (secondary N) is 1. The summed E-state index contributed by atoms with van der Waals surface area (Å²) in [7, 11) is 0. The molecule has 1 amide bonds. The number of carbonyl (C=O) groups excluding carboxylic acids is 1. The van der Waals surface area contributed by atoms with Gasteiger partial charge in [-0.25, -0.2) is 14.4 Å². The van der Waals surface area contributed by atoms with Crippen molar-refractivity contribution in [1.29, 1.82) is 0 Å². The van der Waals surface area contributed by atoms with Gasteiger partial charge >= 0.3 is 0 Å². The summed E-state index contributed by atoms with van der Waals surface area (Å²) in [6.07, 6.45) is 5.67. The van der Waals surface area contributed by atoms with Crippen LogP contribution in [0.25, 0.3) is 10.2 Å². The number of halogens is 1. The molecule has 2 aromatic heterocycles. The molecule has 1 aliphatic rings. The summed E-state index contributed by atoms with van der Waals surface area (Å²) >= 11 is 3.25. The molecular formula is C20H20FN3OS2. The molecule has 140 valence electrons. The third kappa shape index (κ3) is 3.99. The molecule has 0 unspecified atom stereocenters. The average molecular weight is 402 g/mol. The van der Waals surface area contributed by atoms with E-state index < -0.39 is 0 Å². The number of carbonyl (C=O) groups is 1. The summed E-state index contributed by atoms with van der Waals surface area (Å²) in [4.78, 5) is 23.8. The minimum absolute atomic E-state index is 0.0132. The number of thioether (sulfide) groups is 1. The van der Waals surface area contributed by atoms with Gasteiger partial charge in [0.25, 0.3) is 0 Å². The molecule has 0 radical (unpaired) electrons. The minimum atomic E-state index is -0.246. The smallest absolute Gasteiger partial charge is 0.233 e. The van der Waals surface area contributed by atoms with Crippen molar-refractivity contribution in [1.82, 2.24) is 15.3 Å². The van der Waals surface area contributed by atoms with Gasteiger partial charge in [-0.1, -0.05) is 23.9 Å². The Bertz CT molecular complexity index is 971. The second-order valence-electron chi connectivity index (χ2n) is 6.64. The van der Waals surface area contributed by atoms with Crippen molar-refractivity contribution in [2.24, 2.45) is 0 Å². The number of thiophene rings is 1. The highest BCUT2D eigenvalue weighted by molar-refractivity contribution is 8.00. The van der Waals surface area contributed by atoms with Gasteiger partial charge < -0.3 is 5.32 Å². The molecule has 0 saturated carbocycles. The molecule has 0 aliphatic heterocycles. The Labute approximate surface area is 165 Å². The molecule has 1 aliphatic carbocycles. The predicted octanol–water partition coefficient (Wildman–Crippen LogP) is 4.16. The summed E-state index contributed by atoms with van der Waals surface area (Å²) in [6.45, 7) is 2.43. The molecule has 4 nitrogen and oxygen atoms in total. The normalized spacial score (nSPS) is 14.3. The first-order valence-corrected chi connectivity index (χ1v) is 10.8. The fourth-order valence-corrected chi connectivity index (χ4v) is 5.60. The van der Waals surface area contributed by atoms with Crippen LogP contribution in [0, 0.1) is 5.82 Å². The zero-order chi connectivity index (χ0) is 18.8. The Morgan fingerprint density at radius 3 is 2.93 bits per heavy atom. The van der Waals surface area contributed by atoms with E-state index in [1.54, 1.807) is 29.8 Å². The number of fused-ring (bicyclic) bond motifs is 3. The maximum absolute atomic E-state index is 12.9. The van der Waals surface area contributed by atoms with Crippen LogP contribution in [0.15, 0.2) is 35.6 Å². The molecule has 0 bridgehead atoms. The maximum Gasteiger partial charge on any atom is 0.233 e. The van der Waals surface area contributed by atoms with Crippen molar-refractivity contribution < 1.29 is 9.18 Å². The third-order valence-electron chi connectivity index (χ3n) is 4.75. The second kappa shape index (κ2) is 7.94. The Morgan fingerprint density at radius 1 is 1.30 bits per heavy atom. The molecule has 1 atom stereocenters. The van der Waals surface area contributed by atoms with Crippen LogP contribution in [0.5, 0.6) is 0 Å². The summed E-state index contributed by atoms with van der Waals surface area (Å²) in [5.41, 5.74) is 2.38. The van der Waals surface area contributed by atoms with Crippen LogP contribution in [0.2, 0.25) is 0 Å². The van der Waals surface area contributed by atoms with Gasteiger partial charge in [0, 0.05) is 16.8 Å². The van der Waals surface area contributed by atoms with Crippen LogP contribution in [0.4, 0.5) is 4.39 Å². The maximum atomic E-state index is 12.9. The largest absolute Gasteiger partial charge is 0.355 e. The molecule has 3 aromatic rings. The lowest BCUT2D eigenvalue weighted by Crippen LogP contribution is -2.32. The molecular weight excluding hydrogens is 381 g/mol. The van der Waals surface area contributed by atoms with E-state index in [9.17, 15) is 9.18 Å². The van der Waals surface area contributed by atoms with Crippen molar-refractivity contribution in [3.05, 3.63) is 52.4 Å². The summed E-state index contributed by atoms with van der Waals surface area (Å²) in [5.74, 6) is -0.260. The molecule has 4 rings (SSSR count). The first kappa shape index (κ1) is 18.4. The number of nitrogens with zero attached hydrogens (tertiary/aromatic N) is 2. The molecule has 0 fully saturated rings. The van der Waals surface area contributed by atoms with E-state index in [1.165, 1.54) is 40.8 Å². The quantitative estimate of drug-likeness (QED) is 0.498. The summed E-state index contributed by atoms with van der Waals surface area (Å²) in [6, 6.07) is 6.37. The number of aryl methyl sites for hydroxylation is 2. The number of hydrogen-bond acceptors (Lipinski definition) is 5. The van der Waals surface area contributed by atoms with E-state index in [2.05, 4.69) is 15.3 Å². The standard InChI is InChI=1S/C20H20FN3OS2/c1-12(18(25)22-10-9-13-5-7-14(21)8-6-13)26-19-17-15-3-2-4-16(15)27-20(17)24-11-23-19/h5-8,11-12H,2-4,9-10H2,1H3,(H,22,25)/t12-/m1/s1. The lowest BCUT2D eigenvalue weighted by Gasteiger charge is -2.12. The zero-order valence-electron chi connectivity index (χ0n) is 15.0. The average Bonchev–Trinajstić information content (AvgIpc) is 3.24. The Kier molecular flexibility index (Phi) is 5.41. The number of hydrogen-bond donors (Lipinski definition) is 1. The van der Waals surface area contributed by atoms with Crippen LogP contribution < -0.4 is 5.32 Å². The van der Waals surface area contributed by atoms with Crippen molar-refractivity contribution in [3.8, 4) is 0 Å². The number of aromatic nitrogens is 2. The Balaban J connectivity index is 1.38. The highest BCUT2D eigenvalue weighted by Crippen LogP contribution is 2.40. The van der Waals surface area contributed by atoms with Gasteiger partial charge in [0.1, 0.15) is 22.0 Å². The highest BCUT2D eigenvalue weighted by atomic mass is 32.2. The Hall–Kier alpha value is -1.99. The van der Waals surface area contributed by atoms with E-state index >= 15 is 0 Å². The third-order valence-corrected chi connectivity index (χ3v) is 7.05. The SMILES string of the molecule is C[C@@H](Sc1ncnc2sc3c(c12)CCC3)C(=O)NCCc1ccc(F)cc1. The van der Waals surface area contributed by atoms with Crippen LogP contribution in [-0.4, -0.2) is 27.7 Å². The fourth-order valence-electron chi connectivity index (χ4n) is 3.33.